The van der Waals surface area contributed by atoms with Crippen LogP contribution < -0.4 is 0 Å². The molecule has 0 aliphatic carbocycles. The van der Waals surface area contributed by atoms with Gasteiger partial charge < -0.3 is 14.3 Å². The molecule has 4 nitrogen and oxygen atoms in total. The molecule has 0 aromatic heterocycles. The van der Waals surface area contributed by atoms with Crippen molar-refractivity contribution in [2.24, 2.45) is 11.8 Å². The first-order valence-corrected chi connectivity index (χ1v) is 10.4. The Bertz CT molecular complexity index is 758. The van der Waals surface area contributed by atoms with E-state index >= 15 is 0 Å². The molecule has 0 saturated carbocycles. The quantitative estimate of drug-likeness (QED) is 0.618. The van der Waals surface area contributed by atoms with E-state index in [4.69, 9.17) is 4.74 Å². The summed E-state index contributed by atoms with van der Waals surface area (Å²) in [6, 6.07) is 20.1. The van der Waals surface area contributed by atoms with E-state index in [9.17, 15) is 9.90 Å². The number of hydrogen-bond acceptors (Lipinski definition) is 3. The summed E-state index contributed by atoms with van der Waals surface area (Å²) in [5.41, 5.74) is 0.829. The first-order chi connectivity index (χ1) is 13.6. The van der Waals surface area contributed by atoms with Crippen molar-refractivity contribution in [1.29, 1.82) is 0 Å². The lowest BCUT2D eigenvalue weighted by Crippen LogP contribution is -2.66. The van der Waals surface area contributed by atoms with Crippen LogP contribution in [0.15, 0.2) is 60.7 Å². The molecule has 3 saturated heterocycles. The standard InChI is InChI=1S/C24H30NO3/c1-2-28-23(26)18-25-15-13-19(14-16-25)22(17-25)24(27,20-9-5-3-6-10-20)21-11-7-4-8-12-21/h3-12,19,22,27H,2,13-18H2,1H3/q+1/t19?,22-,25?/m1/s1. The highest BCUT2D eigenvalue weighted by Crippen LogP contribution is 2.49. The first-order valence-electron chi connectivity index (χ1n) is 10.4. The van der Waals surface area contributed by atoms with Crippen LogP contribution in [0.5, 0.6) is 0 Å². The van der Waals surface area contributed by atoms with Crippen molar-refractivity contribution in [3.05, 3.63) is 71.8 Å². The van der Waals surface area contributed by atoms with Gasteiger partial charge in [-0.2, -0.15) is 0 Å². The molecule has 2 bridgehead atoms. The molecule has 2 aromatic carbocycles. The van der Waals surface area contributed by atoms with Crippen molar-refractivity contribution in [3.63, 3.8) is 0 Å². The van der Waals surface area contributed by atoms with Crippen molar-refractivity contribution in [2.75, 3.05) is 32.8 Å². The van der Waals surface area contributed by atoms with E-state index in [-0.39, 0.29) is 11.9 Å². The number of esters is 1. The lowest BCUT2D eigenvalue weighted by molar-refractivity contribution is -0.941. The Hall–Kier alpha value is -2.17. The van der Waals surface area contributed by atoms with E-state index in [1.54, 1.807) is 0 Å². The van der Waals surface area contributed by atoms with Gasteiger partial charge in [0.1, 0.15) is 5.60 Å². The zero-order valence-corrected chi connectivity index (χ0v) is 16.6. The lowest BCUT2D eigenvalue weighted by atomic mass is 9.64. The van der Waals surface area contributed by atoms with Gasteiger partial charge >= 0.3 is 5.97 Å². The normalized spacial score (nSPS) is 26.8. The van der Waals surface area contributed by atoms with Gasteiger partial charge in [-0.15, -0.1) is 0 Å². The number of hydrogen-bond donors (Lipinski definition) is 1. The predicted octanol–water partition coefficient (Wildman–Crippen LogP) is 3.34. The third-order valence-electron chi connectivity index (χ3n) is 6.84. The van der Waals surface area contributed by atoms with Crippen molar-refractivity contribution in [2.45, 2.75) is 25.4 Å². The highest BCUT2D eigenvalue weighted by Gasteiger charge is 2.55. The van der Waals surface area contributed by atoms with Crippen LogP contribution in [0, 0.1) is 11.8 Å². The van der Waals surface area contributed by atoms with Gasteiger partial charge in [-0.25, -0.2) is 4.79 Å². The van der Waals surface area contributed by atoms with E-state index in [1.807, 2.05) is 67.6 Å². The number of aliphatic hydroxyl groups is 1. The number of fused-ring (bicyclic) bond motifs is 3. The summed E-state index contributed by atoms with van der Waals surface area (Å²) in [6.45, 7) is 5.50. The molecular formula is C24H30NO3+. The zero-order chi connectivity index (χ0) is 19.6. The number of carbonyl (C=O) groups excluding carboxylic acids is 1. The minimum atomic E-state index is -1.05. The van der Waals surface area contributed by atoms with Crippen LogP contribution in [-0.2, 0) is 15.1 Å². The van der Waals surface area contributed by atoms with Gasteiger partial charge in [0.25, 0.3) is 0 Å². The number of rotatable bonds is 6. The third kappa shape index (κ3) is 3.36. The van der Waals surface area contributed by atoms with Crippen LogP contribution in [0.3, 0.4) is 0 Å². The second-order valence-electron chi connectivity index (χ2n) is 8.38. The molecule has 28 heavy (non-hydrogen) atoms. The van der Waals surface area contributed by atoms with Gasteiger partial charge in [0, 0.05) is 18.8 Å². The molecule has 2 aromatic rings. The van der Waals surface area contributed by atoms with Gasteiger partial charge in [-0.3, -0.25) is 0 Å². The minimum Gasteiger partial charge on any atom is -0.462 e. The van der Waals surface area contributed by atoms with Gasteiger partial charge in [0.05, 0.1) is 26.2 Å². The summed E-state index contributed by atoms with van der Waals surface area (Å²) < 4.78 is 6.00. The van der Waals surface area contributed by atoms with Crippen LogP contribution >= 0.6 is 0 Å². The Balaban J connectivity index is 1.72. The van der Waals surface area contributed by atoms with Gasteiger partial charge in [0.2, 0.25) is 0 Å². The Morgan fingerprint density at radius 1 is 1.04 bits per heavy atom. The number of ether oxygens (including phenoxy) is 1. The van der Waals surface area contributed by atoms with Gasteiger partial charge in [-0.1, -0.05) is 60.7 Å². The zero-order valence-electron chi connectivity index (χ0n) is 16.6. The average Bonchev–Trinajstić information content (AvgIpc) is 2.75. The molecule has 1 atom stereocenters. The van der Waals surface area contributed by atoms with E-state index in [1.165, 1.54) is 0 Å². The van der Waals surface area contributed by atoms with Crippen molar-refractivity contribution in [1.82, 2.24) is 0 Å². The monoisotopic (exact) mass is 380 g/mol. The number of piperidine rings is 3. The Labute approximate surface area is 167 Å². The summed E-state index contributed by atoms with van der Waals surface area (Å²) in [4.78, 5) is 12.3. The van der Waals surface area contributed by atoms with E-state index in [0.717, 1.165) is 48.1 Å². The molecule has 148 valence electrons. The number of nitrogens with zero attached hydrogens (tertiary/aromatic N) is 1. The Morgan fingerprint density at radius 3 is 2.07 bits per heavy atom. The van der Waals surface area contributed by atoms with Crippen molar-refractivity contribution < 1.29 is 19.1 Å². The van der Waals surface area contributed by atoms with E-state index in [2.05, 4.69) is 0 Å². The minimum absolute atomic E-state index is 0.0780. The SMILES string of the molecule is CCOC(=O)C[N+]12CCC(CC1)[C@H](C(O)(c1ccccc1)c1ccccc1)C2. The molecule has 3 aliphatic rings. The van der Waals surface area contributed by atoms with Crippen molar-refractivity contribution in [3.8, 4) is 0 Å². The molecule has 3 fully saturated rings. The second kappa shape index (κ2) is 7.69. The summed E-state index contributed by atoms with van der Waals surface area (Å²) in [5, 5.41) is 12.2. The third-order valence-corrected chi connectivity index (χ3v) is 6.84. The maximum absolute atomic E-state index is 12.3. The molecule has 4 heteroatoms. The molecule has 0 unspecified atom stereocenters. The fraction of sp³-hybridized carbons (Fsp3) is 0.458. The molecular weight excluding hydrogens is 350 g/mol. The van der Waals surface area contributed by atoms with E-state index in [0.29, 0.717) is 19.1 Å². The summed E-state index contributed by atoms with van der Waals surface area (Å²) in [6.07, 6.45) is 2.10. The van der Waals surface area contributed by atoms with Crippen LogP contribution in [-0.4, -0.2) is 48.3 Å². The molecule has 5 rings (SSSR count). The fourth-order valence-electron chi connectivity index (χ4n) is 5.44. The molecule has 3 heterocycles. The molecule has 0 spiro atoms. The van der Waals surface area contributed by atoms with Gasteiger partial charge in [-0.05, 0) is 24.0 Å². The van der Waals surface area contributed by atoms with Crippen LogP contribution in [0.1, 0.15) is 30.9 Å². The Kier molecular flexibility index (Phi) is 5.26. The molecule has 3 aliphatic heterocycles. The van der Waals surface area contributed by atoms with E-state index < -0.39 is 5.60 Å². The first kappa shape index (κ1) is 19.2. The summed E-state index contributed by atoms with van der Waals surface area (Å²) in [7, 11) is 0. The fourth-order valence-corrected chi connectivity index (χ4v) is 5.44. The predicted molar refractivity (Wildman–Crippen MR) is 108 cm³/mol. The number of benzene rings is 2. The Morgan fingerprint density at radius 2 is 1.57 bits per heavy atom. The highest BCUT2D eigenvalue weighted by atomic mass is 16.5. The second-order valence-corrected chi connectivity index (χ2v) is 8.38. The summed E-state index contributed by atoms with van der Waals surface area (Å²) >= 11 is 0. The lowest BCUT2D eigenvalue weighted by Gasteiger charge is -2.56. The average molecular weight is 381 g/mol. The molecule has 0 amide bonds. The number of quaternary nitrogens is 1. The summed E-state index contributed by atoms with van der Waals surface area (Å²) in [5.74, 6) is 0.423. The topological polar surface area (TPSA) is 46.5 Å². The van der Waals surface area contributed by atoms with Crippen LogP contribution in [0.2, 0.25) is 0 Å². The number of carbonyl (C=O) groups is 1. The largest absolute Gasteiger partial charge is 0.462 e. The smallest absolute Gasteiger partial charge is 0.361 e. The maximum Gasteiger partial charge on any atom is 0.361 e. The molecule has 1 N–H and O–H groups in total. The highest BCUT2D eigenvalue weighted by molar-refractivity contribution is 5.70. The van der Waals surface area contributed by atoms with Crippen LogP contribution in [0.4, 0.5) is 0 Å². The molecule has 0 radical (unpaired) electrons. The maximum atomic E-state index is 12.3. The van der Waals surface area contributed by atoms with Crippen LogP contribution in [0.25, 0.3) is 0 Å². The van der Waals surface area contributed by atoms with Crippen molar-refractivity contribution >= 4 is 5.97 Å². The van der Waals surface area contributed by atoms with Gasteiger partial charge in [0.15, 0.2) is 6.54 Å².